The van der Waals surface area contributed by atoms with Gasteiger partial charge in [-0.1, -0.05) is 52.9 Å². The quantitative estimate of drug-likeness (QED) is 0.470. The lowest BCUT2D eigenvalue weighted by Crippen LogP contribution is -2.47. The molecule has 9 nitrogen and oxygen atoms in total. The molecule has 0 radical (unpaired) electrons. The van der Waals surface area contributed by atoms with Crippen molar-refractivity contribution < 1.29 is 18.6 Å². The first-order valence-electron chi connectivity index (χ1n) is 14.3. The molecule has 4 fully saturated rings. The first-order chi connectivity index (χ1) is 17.8. The van der Waals surface area contributed by atoms with E-state index >= 15 is 0 Å². The minimum absolute atomic E-state index is 0.0693. The largest absolute Gasteiger partial charge is 0.352 e. The molecule has 2 aliphatic heterocycles. The van der Waals surface area contributed by atoms with Gasteiger partial charge in [0.25, 0.3) is 8.53 Å². The average molecular weight is 535 g/mol. The first kappa shape index (κ1) is 27.2. The first-order valence-corrected chi connectivity index (χ1v) is 15.4. The minimum Gasteiger partial charge on any atom is -0.352 e. The average Bonchev–Trinajstić information content (AvgIpc) is 3.58. The maximum atomic E-state index is 12.8. The van der Waals surface area contributed by atoms with Crippen LogP contribution in [0.2, 0.25) is 0 Å². The standard InChI is InChI=1S/C27H43N4O5P/c1-5-20-21(17-23(34-20)31-16-13-22(29-26(31)33)28-25(32)18(2)3)35-37-30(4)24(19-11-7-6-8-12-19)27(36-37)14-9-10-15-27/h13,16,18-21,23-24H,5-12,14-15,17H2,1-4H3,(H,28,29,32,33)/t20-,21?,23-,24+,37+/m1/s1. The molecule has 1 spiro atoms. The fourth-order valence-electron chi connectivity index (χ4n) is 6.79. The van der Waals surface area contributed by atoms with Gasteiger partial charge in [-0.05, 0) is 51.1 Å². The predicted octanol–water partition coefficient (Wildman–Crippen LogP) is 5.37. The number of carbonyl (C=O) groups is 1. The number of carbonyl (C=O) groups excluding carboxylic acids is 1. The number of rotatable bonds is 7. The molecule has 0 bridgehead atoms. The van der Waals surface area contributed by atoms with Crippen molar-refractivity contribution in [3.8, 4) is 0 Å². The Hall–Kier alpha value is -1.38. The summed E-state index contributed by atoms with van der Waals surface area (Å²) in [6.45, 7) is 5.69. The summed E-state index contributed by atoms with van der Waals surface area (Å²) in [7, 11) is 1.01. The summed E-state index contributed by atoms with van der Waals surface area (Å²) in [6, 6.07) is 2.08. The van der Waals surface area contributed by atoms with Gasteiger partial charge in [-0.15, -0.1) is 0 Å². The molecule has 1 N–H and O–H groups in total. The number of nitrogens with one attached hydrogen (secondary N) is 1. The molecule has 2 saturated carbocycles. The third-order valence-electron chi connectivity index (χ3n) is 8.73. The lowest BCUT2D eigenvalue weighted by Gasteiger charge is -2.38. The highest BCUT2D eigenvalue weighted by Gasteiger charge is 2.58. The number of amides is 1. The van der Waals surface area contributed by atoms with Gasteiger partial charge in [0.1, 0.15) is 12.0 Å². The van der Waals surface area contributed by atoms with E-state index in [0.717, 1.165) is 19.3 Å². The highest BCUT2D eigenvalue weighted by Crippen LogP contribution is 2.63. The van der Waals surface area contributed by atoms with Gasteiger partial charge < -0.3 is 19.1 Å². The molecule has 10 heteroatoms. The van der Waals surface area contributed by atoms with Crippen LogP contribution in [-0.4, -0.2) is 51.0 Å². The second kappa shape index (κ2) is 11.4. The highest BCUT2D eigenvalue weighted by atomic mass is 31.2. The van der Waals surface area contributed by atoms with Crippen molar-refractivity contribution in [2.45, 2.75) is 121 Å². The van der Waals surface area contributed by atoms with Crippen LogP contribution in [0.3, 0.4) is 0 Å². The van der Waals surface area contributed by atoms with Crippen LogP contribution in [0.5, 0.6) is 0 Å². The molecule has 37 heavy (non-hydrogen) atoms. The molecule has 206 valence electrons. The Labute approximate surface area is 221 Å². The summed E-state index contributed by atoms with van der Waals surface area (Å²) in [5, 5.41) is 2.69. The summed E-state index contributed by atoms with van der Waals surface area (Å²) < 4.78 is 23.8. The number of ether oxygens (including phenoxy) is 1. The van der Waals surface area contributed by atoms with E-state index in [0.29, 0.717) is 18.4 Å². The normalized spacial score (nSPS) is 32.5. The Kier molecular flexibility index (Phi) is 8.37. The maximum Gasteiger partial charge on any atom is 0.351 e. The summed E-state index contributed by atoms with van der Waals surface area (Å²) in [6.07, 6.45) is 13.6. The Bertz CT molecular complexity index is 1010. The highest BCUT2D eigenvalue weighted by molar-refractivity contribution is 7.45. The van der Waals surface area contributed by atoms with Crippen molar-refractivity contribution in [2.75, 3.05) is 12.4 Å². The number of aromatic nitrogens is 2. The minimum atomic E-state index is -1.19. The van der Waals surface area contributed by atoms with Gasteiger partial charge in [0, 0.05) is 24.6 Å². The van der Waals surface area contributed by atoms with Crippen molar-refractivity contribution in [1.82, 2.24) is 14.2 Å². The zero-order chi connectivity index (χ0) is 26.2. The Morgan fingerprint density at radius 2 is 1.97 bits per heavy atom. The van der Waals surface area contributed by atoms with Gasteiger partial charge in [0.05, 0.1) is 17.8 Å². The van der Waals surface area contributed by atoms with Crippen molar-refractivity contribution in [1.29, 1.82) is 0 Å². The molecule has 0 aromatic carbocycles. The topological polar surface area (TPSA) is 94.9 Å². The van der Waals surface area contributed by atoms with Gasteiger partial charge in [-0.25, -0.2) is 9.46 Å². The molecular formula is C27H43N4O5P. The number of likely N-dealkylation sites (N-methyl/N-ethyl adjacent to an activating group) is 1. The van der Waals surface area contributed by atoms with Crippen LogP contribution >= 0.6 is 8.53 Å². The molecule has 2 aliphatic carbocycles. The van der Waals surface area contributed by atoms with E-state index in [9.17, 15) is 9.59 Å². The van der Waals surface area contributed by atoms with Crippen molar-refractivity contribution in [2.24, 2.45) is 11.8 Å². The smallest absolute Gasteiger partial charge is 0.351 e. The maximum absolute atomic E-state index is 12.8. The molecule has 2 saturated heterocycles. The zero-order valence-electron chi connectivity index (χ0n) is 22.7. The molecule has 1 amide bonds. The van der Waals surface area contributed by atoms with Crippen LogP contribution in [0.15, 0.2) is 17.1 Å². The van der Waals surface area contributed by atoms with E-state index < -0.39 is 20.4 Å². The fraction of sp³-hybridized carbons (Fsp3) is 0.815. The molecular weight excluding hydrogens is 491 g/mol. The van der Waals surface area contributed by atoms with E-state index in [1.807, 2.05) is 0 Å². The van der Waals surface area contributed by atoms with Crippen LogP contribution < -0.4 is 11.0 Å². The SMILES string of the molecule is CC[C@H]1O[C@@H](n2ccc(NC(=O)C(C)C)nc2=O)CC1O[P@@]1OC2(CCCC2)[C@H](C2CCCCC2)N1C. The van der Waals surface area contributed by atoms with Gasteiger partial charge >= 0.3 is 5.69 Å². The van der Waals surface area contributed by atoms with Crippen LogP contribution in [0.1, 0.15) is 97.6 Å². The molecule has 3 heterocycles. The lowest BCUT2D eigenvalue weighted by atomic mass is 9.76. The zero-order valence-corrected chi connectivity index (χ0v) is 23.6. The van der Waals surface area contributed by atoms with Crippen molar-refractivity contribution >= 4 is 20.3 Å². The summed E-state index contributed by atoms with van der Waals surface area (Å²) in [4.78, 5) is 28.9. The number of anilines is 1. The molecule has 1 aromatic heterocycles. The Balaban J connectivity index is 1.28. The Morgan fingerprint density at radius 1 is 1.24 bits per heavy atom. The third kappa shape index (κ3) is 5.53. The second-order valence-corrected chi connectivity index (χ2v) is 13.1. The summed E-state index contributed by atoms with van der Waals surface area (Å²) in [5.74, 6) is 0.583. The molecule has 1 aromatic rings. The number of hydrogen-bond donors (Lipinski definition) is 1. The number of hydrogen-bond acceptors (Lipinski definition) is 7. The van der Waals surface area contributed by atoms with E-state index in [1.54, 1.807) is 26.1 Å². The second-order valence-electron chi connectivity index (χ2n) is 11.6. The molecule has 4 aliphatic rings. The van der Waals surface area contributed by atoms with E-state index in [2.05, 4.69) is 28.9 Å². The molecule has 5 atom stereocenters. The van der Waals surface area contributed by atoms with Gasteiger partial charge in [-0.3, -0.25) is 9.36 Å². The predicted molar refractivity (Wildman–Crippen MR) is 143 cm³/mol. The number of nitrogens with zero attached hydrogens (tertiary/aromatic N) is 3. The van der Waals surface area contributed by atoms with Crippen LogP contribution in [-0.2, 0) is 18.6 Å². The van der Waals surface area contributed by atoms with Crippen LogP contribution in [0.25, 0.3) is 0 Å². The third-order valence-corrected chi connectivity index (χ3v) is 10.5. The van der Waals surface area contributed by atoms with Crippen molar-refractivity contribution in [3.63, 3.8) is 0 Å². The van der Waals surface area contributed by atoms with E-state index in [4.69, 9.17) is 13.8 Å². The monoisotopic (exact) mass is 534 g/mol. The van der Waals surface area contributed by atoms with Gasteiger partial charge in [0.2, 0.25) is 5.91 Å². The van der Waals surface area contributed by atoms with E-state index in [-0.39, 0.29) is 35.5 Å². The Morgan fingerprint density at radius 3 is 2.62 bits per heavy atom. The van der Waals surface area contributed by atoms with Gasteiger partial charge in [0.15, 0.2) is 0 Å². The summed E-state index contributed by atoms with van der Waals surface area (Å²) in [5.41, 5.74) is -0.510. The van der Waals surface area contributed by atoms with E-state index in [1.165, 1.54) is 49.5 Å². The lowest BCUT2D eigenvalue weighted by molar-refractivity contribution is -0.118. The van der Waals surface area contributed by atoms with Crippen LogP contribution in [0.4, 0.5) is 5.82 Å². The van der Waals surface area contributed by atoms with Crippen molar-refractivity contribution in [3.05, 3.63) is 22.7 Å². The summed E-state index contributed by atoms with van der Waals surface area (Å²) >= 11 is 0. The van der Waals surface area contributed by atoms with Gasteiger partial charge in [-0.2, -0.15) is 4.98 Å². The fourth-order valence-corrected chi connectivity index (χ4v) is 8.77. The molecule has 1 unspecified atom stereocenters. The molecule has 5 rings (SSSR count). The van der Waals surface area contributed by atoms with Crippen LogP contribution in [0, 0.1) is 11.8 Å².